The van der Waals surface area contributed by atoms with Gasteiger partial charge in [-0.15, -0.1) is 5.10 Å². The molecule has 0 aliphatic rings. The number of nitrogens with one attached hydrogen (secondary N) is 1. The molecule has 3 aromatic rings. The fraction of sp³-hybridized carbons (Fsp3) is 0.200. The second-order valence-electron chi connectivity index (χ2n) is 5.16. The van der Waals surface area contributed by atoms with Crippen LogP contribution < -0.4 is 5.32 Å². The van der Waals surface area contributed by atoms with E-state index in [0.717, 1.165) is 17.3 Å². The Balaban J connectivity index is 1.64. The maximum atomic E-state index is 12.4. The first-order valence-electron chi connectivity index (χ1n) is 7.11. The highest BCUT2D eigenvalue weighted by Gasteiger charge is 2.15. The molecule has 0 saturated heterocycles. The predicted molar refractivity (Wildman–Crippen MR) is 81.7 cm³/mol. The van der Waals surface area contributed by atoms with Crippen LogP contribution in [0.3, 0.4) is 0 Å². The van der Waals surface area contributed by atoms with E-state index >= 15 is 0 Å². The number of nitrogens with zero attached hydrogens (tertiary/aromatic N) is 5. The molecule has 2 heterocycles. The van der Waals surface area contributed by atoms with Gasteiger partial charge >= 0.3 is 6.55 Å². The van der Waals surface area contributed by atoms with Gasteiger partial charge < -0.3 is 0 Å². The van der Waals surface area contributed by atoms with Crippen LogP contribution in [0.5, 0.6) is 0 Å². The molecule has 0 saturated carbocycles. The van der Waals surface area contributed by atoms with Gasteiger partial charge in [0, 0.05) is 6.20 Å². The topological polar surface area (TPSA) is 77.6 Å². The molecule has 0 aliphatic heterocycles. The molecule has 0 unspecified atom stereocenters. The smallest absolute Gasteiger partial charge is 0.288 e. The first kappa shape index (κ1) is 15.8. The normalized spacial score (nSPS) is 11.0. The van der Waals surface area contributed by atoms with Crippen LogP contribution in [-0.2, 0) is 6.54 Å². The standard InChI is InChI=1S/C15H14F2N6O/c1-10-2-4-11(5-3-10)8-22-9-18-15(21-22)19-13(24)12-6-7-23(20-12)14(16)17/h2-7,9,14H,8H2,1H3,(H,19,21,24). The van der Waals surface area contributed by atoms with E-state index in [4.69, 9.17) is 0 Å². The molecule has 1 N–H and O–H groups in total. The van der Waals surface area contributed by atoms with Crippen LogP contribution in [0.1, 0.15) is 28.2 Å². The van der Waals surface area contributed by atoms with E-state index < -0.39 is 12.5 Å². The molecule has 0 aliphatic carbocycles. The molecule has 0 bridgehead atoms. The summed E-state index contributed by atoms with van der Waals surface area (Å²) in [5.41, 5.74) is 2.07. The number of benzene rings is 1. The van der Waals surface area contributed by atoms with Crippen LogP contribution in [-0.4, -0.2) is 30.5 Å². The summed E-state index contributed by atoms with van der Waals surface area (Å²) in [6, 6.07) is 9.14. The number of rotatable bonds is 5. The summed E-state index contributed by atoms with van der Waals surface area (Å²) in [6.07, 6.45) is 2.51. The van der Waals surface area contributed by atoms with Crippen LogP contribution >= 0.6 is 0 Å². The second-order valence-corrected chi connectivity index (χ2v) is 5.16. The van der Waals surface area contributed by atoms with Gasteiger partial charge in [-0.25, -0.2) is 14.3 Å². The van der Waals surface area contributed by atoms with Gasteiger partial charge in [0.15, 0.2) is 5.69 Å². The van der Waals surface area contributed by atoms with Crippen LogP contribution in [0.2, 0.25) is 0 Å². The maximum Gasteiger partial charge on any atom is 0.333 e. The molecular formula is C15H14F2N6O. The third-order valence-corrected chi connectivity index (χ3v) is 3.27. The number of carbonyl (C=O) groups excluding carboxylic acids is 1. The van der Waals surface area contributed by atoms with Gasteiger partial charge in [-0.1, -0.05) is 29.8 Å². The largest absolute Gasteiger partial charge is 0.333 e. The summed E-state index contributed by atoms with van der Waals surface area (Å²) in [5.74, 6) is -0.568. The molecule has 0 atom stereocenters. The van der Waals surface area contributed by atoms with Crippen molar-refractivity contribution in [3.8, 4) is 0 Å². The quantitative estimate of drug-likeness (QED) is 0.779. The van der Waals surface area contributed by atoms with Crippen molar-refractivity contribution >= 4 is 11.9 Å². The van der Waals surface area contributed by atoms with Gasteiger partial charge in [0.25, 0.3) is 5.91 Å². The first-order valence-corrected chi connectivity index (χ1v) is 7.11. The van der Waals surface area contributed by atoms with E-state index in [9.17, 15) is 13.6 Å². The molecule has 0 fully saturated rings. The van der Waals surface area contributed by atoms with Crippen molar-refractivity contribution in [1.29, 1.82) is 0 Å². The van der Waals surface area contributed by atoms with Gasteiger partial charge in [0.2, 0.25) is 5.95 Å². The number of anilines is 1. The van der Waals surface area contributed by atoms with Crippen LogP contribution in [0.25, 0.3) is 0 Å². The summed E-state index contributed by atoms with van der Waals surface area (Å²) in [6.45, 7) is -0.288. The van der Waals surface area contributed by atoms with Gasteiger partial charge in [-0.2, -0.15) is 13.9 Å². The Morgan fingerprint density at radius 1 is 1.21 bits per heavy atom. The molecule has 0 spiro atoms. The van der Waals surface area contributed by atoms with E-state index in [1.807, 2.05) is 31.2 Å². The Kier molecular flexibility index (Phi) is 4.32. The minimum Gasteiger partial charge on any atom is -0.288 e. The molecule has 124 valence electrons. The van der Waals surface area contributed by atoms with Gasteiger partial charge in [0.1, 0.15) is 6.33 Å². The SMILES string of the molecule is Cc1ccc(Cn2cnc(NC(=O)c3ccn(C(F)F)n3)n2)cc1. The van der Waals surface area contributed by atoms with Crippen molar-refractivity contribution in [3.63, 3.8) is 0 Å². The minimum absolute atomic E-state index is 0.0821. The Hall–Kier alpha value is -3.10. The fourth-order valence-electron chi connectivity index (χ4n) is 2.04. The summed E-state index contributed by atoms with van der Waals surface area (Å²) >= 11 is 0. The molecule has 2 aromatic heterocycles. The van der Waals surface area contributed by atoms with E-state index in [-0.39, 0.29) is 11.6 Å². The maximum absolute atomic E-state index is 12.4. The zero-order valence-corrected chi connectivity index (χ0v) is 12.7. The van der Waals surface area contributed by atoms with E-state index in [0.29, 0.717) is 11.2 Å². The summed E-state index contributed by atoms with van der Waals surface area (Å²) < 4.78 is 26.9. The van der Waals surface area contributed by atoms with Crippen molar-refractivity contribution in [2.75, 3.05) is 5.32 Å². The van der Waals surface area contributed by atoms with Crippen molar-refractivity contribution in [2.24, 2.45) is 0 Å². The number of hydrogen-bond acceptors (Lipinski definition) is 4. The monoisotopic (exact) mass is 332 g/mol. The highest BCUT2D eigenvalue weighted by Crippen LogP contribution is 2.10. The average Bonchev–Trinajstić information content (AvgIpc) is 3.19. The first-order chi connectivity index (χ1) is 11.5. The fourth-order valence-corrected chi connectivity index (χ4v) is 2.04. The third kappa shape index (κ3) is 3.62. The Labute approximate surface area is 135 Å². The summed E-state index contributed by atoms with van der Waals surface area (Å²) in [7, 11) is 0. The lowest BCUT2D eigenvalue weighted by molar-refractivity contribution is 0.0561. The lowest BCUT2D eigenvalue weighted by Gasteiger charge is -2.01. The van der Waals surface area contributed by atoms with Crippen LogP contribution in [0, 0.1) is 6.92 Å². The average molecular weight is 332 g/mol. The highest BCUT2D eigenvalue weighted by molar-refractivity contribution is 6.01. The van der Waals surface area contributed by atoms with E-state index in [2.05, 4.69) is 20.5 Å². The van der Waals surface area contributed by atoms with Crippen LogP contribution in [0.4, 0.5) is 14.7 Å². The minimum atomic E-state index is -2.79. The second kappa shape index (κ2) is 6.57. The van der Waals surface area contributed by atoms with Crippen molar-refractivity contribution in [1.82, 2.24) is 24.5 Å². The van der Waals surface area contributed by atoms with Crippen LogP contribution in [0.15, 0.2) is 42.9 Å². The van der Waals surface area contributed by atoms with Gasteiger partial charge in [0.05, 0.1) is 6.54 Å². The number of carbonyl (C=O) groups is 1. The third-order valence-electron chi connectivity index (χ3n) is 3.27. The Bertz CT molecular complexity index is 840. The molecule has 3 rings (SSSR count). The van der Waals surface area contributed by atoms with Crippen molar-refractivity contribution in [3.05, 3.63) is 59.7 Å². The molecule has 9 heteroatoms. The zero-order chi connectivity index (χ0) is 17.1. The molecule has 1 amide bonds. The van der Waals surface area contributed by atoms with E-state index in [1.165, 1.54) is 12.4 Å². The number of aromatic nitrogens is 5. The highest BCUT2D eigenvalue weighted by atomic mass is 19.3. The van der Waals surface area contributed by atoms with Gasteiger partial charge in [-0.05, 0) is 18.6 Å². The summed E-state index contributed by atoms with van der Waals surface area (Å²) in [4.78, 5) is 15.9. The zero-order valence-electron chi connectivity index (χ0n) is 12.7. The lowest BCUT2D eigenvalue weighted by Crippen LogP contribution is -2.15. The van der Waals surface area contributed by atoms with Gasteiger partial charge in [-0.3, -0.25) is 10.1 Å². The number of halogens is 2. The molecular weight excluding hydrogens is 318 g/mol. The molecule has 24 heavy (non-hydrogen) atoms. The number of amides is 1. The predicted octanol–water partition coefficient (Wildman–Crippen LogP) is 2.48. The Morgan fingerprint density at radius 3 is 2.62 bits per heavy atom. The molecule has 1 aromatic carbocycles. The number of hydrogen-bond donors (Lipinski definition) is 1. The lowest BCUT2D eigenvalue weighted by atomic mass is 10.1. The molecule has 0 radical (unpaired) electrons. The van der Waals surface area contributed by atoms with E-state index in [1.54, 1.807) is 4.68 Å². The number of aryl methyl sites for hydroxylation is 1. The molecule has 7 nitrogen and oxygen atoms in total. The van der Waals surface area contributed by atoms with Crippen molar-refractivity contribution < 1.29 is 13.6 Å². The van der Waals surface area contributed by atoms with Crippen molar-refractivity contribution in [2.45, 2.75) is 20.0 Å². The Morgan fingerprint density at radius 2 is 1.96 bits per heavy atom. The number of alkyl halides is 2. The summed E-state index contributed by atoms with van der Waals surface area (Å²) in [5, 5.41) is 10.0.